The zero-order valence-corrected chi connectivity index (χ0v) is 19.6. The average molecular weight is 464 g/mol. The van der Waals surface area contributed by atoms with Crippen molar-refractivity contribution in [2.45, 2.75) is 62.9 Å². The third-order valence-electron chi connectivity index (χ3n) is 5.41. The van der Waals surface area contributed by atoms with Crippen LogP contribution in [0.2, 0.25) is 0 Å². The van der Waals surface area contributed by atoms with E-state index in [0.717, 1.165) is 0 Å². The van der Waals surface area contributed by atoms with Gasteiger partial charge in [0.25, 0.3) is 0 Å². The number of amides is 2. The van der Waals surface area contributed by atoms with E-state index in [1.165, 1.54) is 16.7 Å². The summed E-state index contributed by atoms with van der Waals surface area (Å²) in [6.07, 6.45) is 0. The molecule has 2 aliphatic heterocycles. The van der Waals surface area contributed by atoms with E-state index in [-0.39, 0.29) is 5.91 Å². The van der Waals surface area contributed by atoms with Gasteiger partial charge in [0.15, 0.2) is 0 Å². The van der Waals surface area contributed by atoms with E-state index in [1.807, 2.05) is 19.9 Å². The fraction of sp³-hybridized carbons (Fsp3) is 0.545. The summed E-state index contributed by atoms with van der Waals surface area (Å²) in [4.78, 5) is 51.4. The summed E-state index contributed by atoms with van der Waals surface area (Å²) in [7, 11) is 0. The van der Waals surface area contributed by atoms with E-state index >= 15 is 0 Å². The number of thioether (sulfide) groups is 1. The molecular weight excluding hydrogens is 434 g/mol. The second-order valence-electron chi connectivity index (χ2n) is 9.40. The molecule has 0 aromatic heterocycles. The van der Waals surface area contributed by atoms with E-state index in [2.05, 4.69) is 5.32 Å². The Morgan fingerprint density at radius 3 is 2.41 bits per heavy atom. The minimum Gasteiger partial charge on any atom is -0.427 e. The van der Waals surface area contributed by atoms with E-state index in [9.17, 15) is 19.2 Å². The molecule has 2 saturated heterocycles. The van der Waals surface area contributed by atoms with Crippen molar-refractivity contribution < 1.29 is 28.7 Å². The molecule has 9 nitrogen and oxygen atoms in total. The van der Waals surface area contributed by atoms with Gasteiger partial charge in [-0.1, -0.05) is 30.3 Å². The van der Waals surface area contributed by atoms with Gasteiger partial charge in [0.2, 0.25) is 18.6 Å². The number of rotatable bonds is 6. The Balaban J connectivity index is 1.61. The van der Waals surface area contributed by atoms with Crippen LogP contribution in [0.1, 0.15) is 46.2 Å². The molecule has 2 heterocycles. The molecule has 10 heteroatoms. The van der Waals surface area contributed by atoms with Crippen molar-refractivity contribution in [3.05, 3.63) is 35.9 Å². The fourth-order valence-electron chi connectivity index (χ4n) is 3.62. The third kappa shape index (κ3) is 4.61. The number of nitrogens with one attached hydrogen (secondary N) is 1. The van der Waals surface area contributed by atoms with Crippen molar-refractivity contribution in [3.63, 3.8) is 0 Å². The molecule has 0 bridgehead atoms. The molecule has 2 amide bonds. The number of carbonyl (C=O) groups is 4. The second-order valence-corrected chi connectivity index (χ2v) is 11.2. The number of hydrogen-bond acceptors (Lipinski definition) is 8. The van der Waals surface area contributed by atoms with Crippen molar-refractivity contribution in [1.29, 1.82) is 0 Å². The molecule has 32 heavy (non-hydrogen) atoms. The van der Waals surface area contributed by atoms with E-state index in [0.29, 0.717) is 5.56 Å². The first-order valence-corrected chi connectivity index (χ1v) is 11.2. The number of benzene rings is 1. The summed E-state index contributed by atoms with van der Waals surface area (Å²) >= 11 is 1.40. The molecule has 0 radical (unpaired) electrons. The number of nitrogens with zero attached hydrogens (tertiary/aromatic N) is 1. The molecule has 2 fully saturated rings. The number of fused-ring (bicyclic) bond motifs is 1. The molecule has 4 atom stereocenters. The lowest BCUT2D eigenvalue weighted by Gasteiger charge is -2.44. The van der Waals surface area contributed by atoms with Crippen molar-refractivity contribution in [3.8, 4) is 0 Å². The van der Waals surface area contributed by atoms with Crippen LogP contribution in [0.15, 0.2) is 30.3 Å². The van der Waals surface area contributed by atoms with Crippen LogP contribution >= 0.6 is 11.8 Å². The number of β-lactam (4-membered cyclic amide) rings is 1. The minimum absolute atomic E-state index is 0.379. The monoisotopic (exact) mass is 463 g/mol. The Bertz CT molecular complexity index is 914. The van der Waals surface area contributed by atoms with Gasteiger partial charge in [-0.15, -0.1) is 11.8 Å². The van der Waals surface area contributed by atoms with Gasteiger partial charge in [0.05, 0.1) is 5.41 Å². The Kier molecular flexibility index (Phi) is 6.57. The molecule has 3 rings (SSSR count). The van der Waals surface area contributed by atoms with Crippen LogP contribution in [-0.4, -0.2) is 57.7 Å². The Morgan fingerprint density at radius 1 is 1.19 bits per heavy atom. The maximum Gasteiger partial charge on any atom is 0.333 e. The lowest BCUT2D eigenvalue weighted by molar-refractivity contribution is -0.180. The van der Waals surface area contributed by atoms with Gasteiger partial charge < -0.3 is 25.4 Å². The van der Waals surface area contributed by atoms with Gasteiger partial charge in [-0.2, -0.15) is 0 Å². The van der Waals surface area contributed by atoms with Crippen LogP contribution in [0.3, 0.4) is 0 Å². The molecular formula is C22H29N3O6S. The van der Waals surface area contributed by atoms with Gasteiger partial charge in [0.1, 0.15) is 23.5 Å². The standard InChI is InChI=1S/C22H29N3O6S/c1-21(2,3)20(29)31-11-30-19(28)15-22(4,5)32-18-14(17(27)25(15)18)24-16(26)13(23)12-9-7-6-8-10-12/h6-10,13-15,18H,11,23H2,1-5H3,(H,24,26)/t13-,14-,15?,18-/m1/s1. The first kappa shape index (κ1) is 24.1. The highest BCUT2D eigenvalue weighted by atomic mass is 32.2. The fourth-order valence-corrected chi connectivity index (χ4v) is 5.24. The molecule has 0 aliphatic carbocycles. The smallest absolute Gasteiger partial charge is 0.333 e. The normalized spacial score (nSPS) is 24.8. The summed E-state index contributed by atoms with van der Waals surface area (Å²) in [5.74, 6) is -2.00. The van der Waals surface area contributed by atoms with E-state index in [4.69, 9.17) is 15.2 Å². The van der Waals surface area contributed by atoms with Crippen molar-refractivity contribution >= 4 is 35.5 Å². The van der Waals surface area contributed by atoms with Crippen LogP contribution in [-0.2, 0) is 28.7 Å². The summed E-state index contributed by atoms with van der Waals surface area (Å²) in [5.41, 5.74) is 5.94. The summed E-state index contributed by atoms with van der Waals surface area (Å²) in [6, 6.07) is 6.31. The van der Waals surface area contributed by atoms with Crippen molar-refractivity contribution in [1.82, 2.24) is 10.2 Å². The molecule has 0 saturated carbocycles. The highest BCUT2D eigenvalue weighted by molar-refractivity contribution is 8.01. The predicted molar refractivity (Wildman–Crippen MR) is 118 cm³/mol. The molecule has 0 spiro atoms. The van der Waals surface area contributed by atoms with Gasteiger partial charge in [-0.3, -0.25) is 14.4 Å². The number of ether oxygens (including phenoxy) is 2. The maximum absolute atomic E-state index is 12.8. The summed E-state index contributed by atoms with van der Waals surface area (Å²) < 4.78 is 9.47. The molecule has 3 N–H and O–H groups in total. The first-order valence-electron chi connectivity index (χ1n) is 10.3. The number of carbonyl (C=O) groups excluding carboxylic acids is 4. The average Bonchev–Trinajstić information content (AvgIpc) is 2.98. The maximum atomic E-state index is 12.8. The highest BCUT2D eigenvalue weighted by Crippen LogP contribution is 2.51. The lowest BCUT2D eigenvalue weighted by atomic mass is 9.95. The van der Waals surface area contributed by atoms with Gasteiger partial charge in [-0.05, 0) is 40.2 Å². The predicted octanol–water partition coefficient (Wildman–Crippen LogP) is 1.32. The quantitative estimate of drug-likeness (QED) is 0.367. The largest absolute Gasteiger partial charge is 0.427 e. The third-order valence-corrected chi connectivity index (χ3v) is 6.98. The summed E-state index contributed by atoms with van der Waals surface area (Å²) in [5, 5.41) is 2.29. The Labute approximate surface area is 191 Å². The minimum atomic E-state index is -0.907. The Hall–Kier alpha value is -2.59. The molecule has 174 valence electrons. The van der Waals surface area contributed by atoms with Gasteiger partial charge in [-0.25, -0.2) is 4.79 Å². The zero-order valence-electron chi connectivity index (χ0n) is 18.8. The Morgan fingerprint density at radius 2 is 1.81 bits per heavy atom. The van der Waals surface area contributed by atoms with Gasteiger partial charge >= 0.3 is 11.9 Å². The van der Waals surface area contributed by atoms with Crippen LogP contribution in [0.5, 0.6) is 0 Å². The van der Waals surface area contributed by atoms with Crippen molar-refractivity contribution in [2.75, 3.05) is 6.79 Å². The van der Waals surface area contributed by atoms with Crippen LogP contribution in [0.25, 0.3) is 0 Å². The second kappa shape index (κ2) is 8.74. The topological polar surface area (TPSA) is 128 Å². The lowest BCUT2D eigenvalue weighted by Crippen LogP contribution is -2.71. The number of hydrogen-bond donors (Lipinski definition) is 2. The van der Waals surface area contributed by atoms with E-state index in [1.54, 1.807) is 45.0 Å². The number of nitrogens with two attached hydrogens (primary N) is 1. The molecule has 2 aliphatic rings. The number of esters is 2. The molecule has 1 unspecified atom stereocenters. The van der Waals surface area contributed by atoms with Crippen molar-refractivity contribution in [2.24, 2.45) is 11.1 Å². The zero-order chi connectivity index (χ0) is 23.8. The first-order chi connectivity index (χ1) is 14.8. The molecule has 1 aromatic rings. The van der Waals surface area contributed by atoms with Crippen LogP contribution < -0.4 is 11.1 Å². The van der Waals surface area contributed by atoms with Gasteiger partial charge in [0, 0.05) is 4.75 Å². The van der Waals surface area contributed by atoms with Crippen LogP contribution in [0.4, 0.5) is 0 Å². The SMILES string of the molecule is CC(C)(C)C(=O)OCOC(=O)C1N2C(=O)[C@@H](NC(=O)[C@H](N)c3ccccc3)[C@H]2SC1(C)C. The highest BCUT2D eigenvalue weighted by Gasteiger charge is 2.64. The molecule has 1 aromatic carbocycles. The van der Waals surface area contributed by atoms with Crippen LogP contribution in [0, 0.1) is 5.41 Å². The van der Waals surface area contributed by atoms with E-state index < -0.39 is 58.3 Å². The summed E-state index contributed by atoms with van der Waals surface area (Å²) in [6.45, 7) is 8.20.